The first-order valence-electron chi connectivity index (χ1n) is 10.8. The molecule has 0 bridgehead atoms. The molecule has 0 aliphatic carbocycles. The number of amidine groups is 1. The van der Waals surface area contributed by atoms with Crippen LogP contribution in [0.1, 0.15) is 37.8 Å². The van der Waals surface area contributed by atoms with E-state index in [1.807, 2.05) is 30.3 Å². The van der Waals surface area contributed by atoms with Gasteiger partial charge < -0.3 is 4.90 Å². The van der Waals surface area contributed by atoms with Crippen molar-refractivity contribution in [2.45, 2.75) is 33.6 Å². The average molecular weight is 454 g/mol. The summed E-state index contributed by atoms with van der Waals surface area (Å²) in [5, 5.41) is 1.39. The molecule has 0 aromatic heterocycles. The zero-order chi connectivity index (χ0) is 22.0. The van der Waals surface area contributed by atoms with Gasteiger partial charge in [0.25, 0.3) is 5.91 Å². The van der Waals surface area contributed by atoms with Gasteiger partial charge in [-0.15, -0.1) is 0 Å². The van der Waals surface area contributed by atoms with Crippen molar-refractivity contribution in [3.05, 3.63) is 63.5 Å². The molecule has 6 heteroatoms. The van der Waals surface area contributed by atoms with Crippen LogP contribution >= 0.6 is 23.4 Å². The summed E-state index contributed by atoms with van der Waals surface area (Å²) in [6.45, 7) is 9.27. The van der Waals surface area contributed by atoms with E-state index in [-0.39, 0.29) is 5.91 Å². The number of thioether (sulfide) groups is 1. The lowest BCUT2D eigenvalue weighted by atomic mass is 10.1. The summed E-state index contributed by atoms with van der Waals surface area (Å²) in [5.41, 5.74) is 4.39. The van der Waals surface area contributed by atoms with E-state index < -0.39 is 0 Å². The normalized spacial score (nSPS) is 19.5. The Morgan fingerprint density at radius 3 is 2.48 bits per heavy atom. The van der Waals surface area contributed by atoms with Gasteiger partial charge in [-0.3, -0.25) is 9.69 Å². The van der Waals surface area contributed by atoms with Crippen LogP contribution in [0.5, 0.6) is 0 Å². The topological polar surface area (TPSA) is 35.9 Å². The number of carbonyl (C=O) groups is 1. The first-order chi connectivity index (χ1) is 14.9. The van der Waals surface area contributed by atoms with Crippen LogP contribution in [0.4, 0.5) is 11.4 Å². The number of hydrogen-bond donors (Lipinski definition) is 0. The van der Waals surface area contributed by atoms with Crippen LogP contribution < -0.4 is 4.90 Å². The van der Waals surface area contributed by atoms with Crippen LogP contribution in [-0.4, -0.2) is 35.6 Å². The second-order valence-electron chi connectivity index (χ2n) is 8.53. The molecule has 0 unspecified atom stereocenters. The number of halogens is 1. The molecule has 2 aromatic rings. The summed E-state index contributed by atoms with van der Waals surface area (Å²) in [7, 11) is 0. The summed E-state index contributed by atoms with van der Waals surface area (Å²) in [6.07, 6.45) is 4.51. The number of carbonyl (C=O) groups excluding carboxylic acids is 1. The van der Waals surface area contributed by atoms with Gasteiger partial charge in [-0.25, -0.2) is 4.99 Å². The summed E-state index contributed by atoms with van der Waals surface area (Å²) >= 11 is 7.44. The lowest BCUT2D eigenvalue weighted by Crippen LogP contribution is -2.32. The Morgan fingerprint density at radius 1 is 1.13 bits per heavy atom. The molecular weight excluding hydrogens is 426 g/mol. The molecule has 4 nitrogen and oxygen atoms in total. The molecule has 2 aromatic carbocycles. The maximum absolute atomic E-state index is 13.2. The SMILES string of the molecule is Cc1cc(/C=C2\SC(=Nc3ccc(Cl)cc3)N(CC(C)C)C2=O)ccc1N1CCCC1. The van der Waals surface area contributed by atoms with Gasteiger partial charge in [0.2, 0.25) is 0 Å². The Kier molecular flexibility index (Phi) is 6.73. The molecule has 2 heterocycles. The maximum Gasteiger partial charge on any atom is 0.266 e. The second kappa shape index (κ2) is 9.49. The number of hydrogen-bond acceptors (Lipinski definition) is 4. The van der Waals surface area contributed by atoms with E-state index in [1.54, 1.807) is 4.90 Å². The van der Waals surface area contributed by atoms with E-state index >= 15 is 0 Å². The van der Waals surface area contributed by atoms with Crippen molar-refractivity contribution in [3.8, 4) is 0 Å². The standard InChI is InChI=1S/C25H28ClN3OS/c1-17(2)16-29-24(30)23(31-25(29)27-21-9-7-20(26)8-10-21)15-19-6-11-22(18(3)14-19)28-12-4-5-13-28/h6-11,14-15,17H,4-5,12-13,16H2,1-3H3/b23-15-,27-25?. The molecule has 162 valence electrons. The van der Waals surface area contributed by atoms with Crippen LogP contribution in [-0.2, 0) is 4.79 Å². The Labute approximate surface area is 194 Å². The third-order valence-corrected chi connectivity index (χ3v) is 6.71. The van der Waals surface area contributed by atoms with Crippen molar-refractivity contribution in [2.24, 2.45) is 10.9 Å². The predicted octanol–water partition coefficient (Wildman–Crippen LogP) is 6.51. The monoisotopic (exact) mass is 453 g/mol. The molecule has 0 saturated carbocycles. The highest BCUT2D eigenvalue weighted by Crippen LogP contribution is 2.35. The molecule has 2 aliphatic rings. The highest BCUT2D eigenvalue weighted by Gasteiger charge is 2.33. The Hall–Kier alpha value is -2.24. The molecule has 1 amide bonds. The average Bonchev–Trinajstić information content (AvgIpc) is 3.35. The Balaban J connectivity index is 1.62. The fourth-order valence-corrected chi connectivity index (χ4v) is 5.11. The summed E-state index contributed by atoms with van der Waals surface area (Å²) in [5.74, 6) is 0.369. The minimum atomic E-state index is 0.0210. The van der Waals surface area contributed by atoms with Crippen molar-refractivity contribution >= 4 is 51.9 Å². The minimum Gasteiger partial charge on any atom is -0.371 e. The number of nitrogens with zero attached hydrogens (tertiary/aromatic N) is 3. The smallest absolute Gasteiger partial charge is 0.266 e. The highest BCUT2D eigenvalue weighted by atomic mass is 35.5. The van der Waals surface area contributed by atoms with E-state index in [4.69, 9.17) is 16.6 Å². The van der Waals surface area contributed by atoms with Gasteiger partial charge in [0.05, 0.1) is 10.6 Å². The molecule has 0 N–H and O–H groups in total. The minimum absolute atomic E-state index is 0.0210. The quantitative estimate of drug-likeness (QED) is 0.484. The molecule has 31 heavy (non-hydrogen) atoms. The number of aliphatic imine (C=N–C) groups is 1. The highest BCUT2D eigenvalue weighted by molar-refractivity contribution is 8.18. The van der Waals surface area contributed by atoms with Gasteiger partial charge in [0.15, 0.2) is 5.17 Å². The first kappa shape index (κ1) is 22.0. The van der Waals surface area contributed by atoms with Gasteiger partial charge in [-0.05, 0) is 91.0 Å². The lowest BCUT2D eigenvalue weighted by Gasteiger charge is -2.20. The zero-order valence-electron chi connectivity index (χ0n) is 18.3. The molecule has 2 aliphatic heterocycles. The zero-order valence-corrected chi connectivity index (χ0v) is 19.8. The predicted molar refractivity (Wildman–Crippen MR) is 133 cm³/mol. The van der Waals surface area contributed by atoms with E-state index in [2.05, 4.69) is 43.9 Å². The first-order valence-corrected chi connectivity index (χ1v) is 12.0. The van der Waals surface area contributed by atoms with Gasteiger partial charge in [0, 0.05) is 30.3 Å². The Morgan fingerprint density at radius 2 is 1.84 bits per heavy atom. The van der Waals surface area contributed by atoms with Gasteiger partial charge in [-0.1, -0.05) is 31.5 Å². The van der Waals surface area contributed by atoms with Crippen molar-refractivity contribution in [3.63, 3.8) is 0 Å². The number of amides is 1. The fourth-order valence-electron chi connectivity index (χ4n) is 3.98. The Bertz CT molecular complexity index is 1020. The maximum atomic E-state index is 13.2. The number of rotatable bonds is 5. The van der Waals surface area contributed by atoms with E-state index in [0.29, 0.717) is 22.4 Å². The van der Waals surface area contributed by atoms with Crippen LogP contribution in [0.15, 0.2) is 52.4 Å². The van der Waals surface area contributed by atoms with Crippen molar-refractivity contribution in [1.82, 2.24) is 4.90 Å². The van der Waals surface area contributed by atoms with Crippen molar-refractivity contribution in [2.75, 3.05) is 24.5 Å². The molecule has 0 spiro atoms. The second-order valence-corrected chi connectivity index (χ2v) is 9.98. The van der Waals surface area contributed by atoms with Gasteiger partial charge in [-0.2, -0.15) is 0 Å². The van der Waals surface area contributed by atoms with Crippen LogP contribution in [0.2, 0.25) is 5.02 Å². The molecule has 0 atom stereocenters. The van der Waals surface area contributed by atoms with Crippen LogP contribution in [0.3, 0.4) is 0 Å². The van der Waals surface area contributed by atoms with Gasteiger partial charge in [0.1, 0.15) is 0 Å². The molecule has 2 saturated heterocycles. The van der Waals surface area contributed by atoms with Crippen molar-refractivity contribution in [1.29, 1.82) is 0 Å². The molecule has 4 rings (SSSR count). The largest absolute Gasteiger partial charge is 0.371 e. The fraction of sp³-hybridized carbons (Fsp3) is 0.360. The molecule has 2 fully saturated rings. The summed E-state index contributed by atoms with van der Waals surface area (Å²) in [6, 6.07) is 13.9. The summed E-state index contributed by atoms with van der Waals surface area (Å²) in [4.78, 5) is 22.9. The van der Waals surface area contributed by atoms with Crippen molar-refractivity contribution < 1.29 is 4.79 Å². The van der Waals surface area contributed by atoms with Crippen LogP contribution in [0, 0.1) is 12.8 Å². The lowest BCUT2D eigenvalue weighted by molar-refractivity contribution is -0.122. The summed E-state index contributed by atoms with van der Waals surface area (Å²) < 4.78 is 0. The van der Waals surface area contributed by atoms with E-state index in [9.17, 15) is 4.79 Å². The third-order valence-electron chi connectivity index (χ3n) is 5.45. The van der Waals surface area contributed by atoms with Crippen LogP contribution in [0.25, 0.3) is 6.08 Å². The number of benzene rings is 2. The number of anilines is 1. The van der Waals surface area contributed by atoms with Gasteiger partial charge >= 0.3 is 0 Å². The van der Waals surface area contributed by atoms with E-state index in [1.165, 1.54) is 35.9 Å². The number of aryl methyl sites for hydroxylation is 1. The third kappa shape index (κ3) is 5.16. The molecular formula is C25H28ClN3OS. The molecule has 0 radical (unpaired) electrons. The van der Waals surface area contributed by atoms with E-state index in [0.717, 1.165) is 29.5 Å².